The number of ether oxygens (including phenoxy) is 1. The lowest BCUT2D eigenvalue weighted by Crippen LogP contribution is -2.50. The minimum absolute atomic E-state index is 0.0766. The van der Waals surface area contributed by atoms with E-state index in [2.05, 4.69) is 10.3 Å². The van der Waals surface area contributed by atoms with Crippen molar-refractivity contribution in [1.29, 1.82) is 0 Å². The van der Waals surface area contributed by atoms with Crippen molar-refractivity contribution in [3.63, 3.8) is 0 Å². The smallest absolute Gasteiger partial charge is 0.409 e. The Bertz CT molecular complexity index is 741. The molecular formula is C19H22N4O3. The van der Waals surface area contributed by atoms with Crippen LogP contribution in [0.25, 0.3) is 0 Å². The quantitative estimate of drug-likeness (QED) is 0.914. The molecule has 136 valence electrons. The molecule has 1 aromatic carbocycles. The molecule has 1 fully saturated rings. The Balaban J connectivity index is 1.56. The third-order valence-electron chi connectivity index (χ3n) is 4.15. The van der Waals surface area contributed by atoms with Crippen LogP contribution in [0.4, 0.5) is 16.3 Å². The van der Waals surface area contributed by atoms with Gasteiger partial charge in [-0.2, -0.15) is 0 Å². The van der Waals surface area contributed by atoms with E-state index in [1.165, 1.54) is 0 Å². The van der Waals surface area contributed by atoms with Crippen LogP contribution in [0.5, 0.6) is 0 Å². The van der Waals surface area contributed by atoms with Crippen LogP contribution in [0.3, 0.4) is 0 Å². The molecule has 26 heavy (non-hydrogen) atoms. The van der Waals surface area contributed by atoms with Crippen LogP contribution >= 0.6 is 0 Å². The predicted molar refractivity (Wildman–Crippen MR) is 98.5 cm³/mol. The monoisotopic (exact) mass is 354 g/mol. The summed E-state index contributed by atoms with van der Waals surface area (Å²) >= 11 is 0. The number of pyridine rings is 1. The number of carbonyl (C=O) groups is 2. The number of para-hydroxylation sites is 1. The number of benzene rings is 1. The van der Waals surface area contributed by atoms with E-state index in [0.29, 0.717) is 44.2 Å². The Kier molecular flexibility index (Phi) is 5.68. The highest BCUT2D eigenvalue weighted by Gasteiger charge is 2.25. The highest BCUT2D eigenvalue weighted by Crippen LogP contribution is 2.15. The fourth-order valence-electron chi connectivity index (χ4n) is 2.75. The molecule has 1 aromatic heterocycles. The van der Waals surface area contributed by atoms with Crippen molar-refractivity contribution in [3.8, 4) is 0 Å². The number of nitrogens with zero attached hydrogens (tertiary/aromatic N) is 3. The Morgan fingerprint density at radius 2 is 1.73 bits per heavy atom. The first-order chi connectivity index (χ1) is 12.7. The van der Waals surface area contributed by atoms with E-state index in [0.717, 1.165) is 5.69 Å². The molecule has 7 nitrogen and oxygen atoms in total. The van der Waals surface area contributed by atoms with Crippen LogP contribution in [-0.2, 0) is 4.74 Å². The molecule has 0 spiro atoms. The summed E-state index contributed by atoms with van der Waals surface area (Å²) in [6, 6.07) is 13.3. The number of piperazine rings is 1. The minimum Gasteiger partial charge on any atom is -0.450 e. The number of hydrogen-bond donors (Lipinski definition) is 1. The van der Waals surface area contributed by atoms with Gasteiger partial charge in [0.05, 0.1) is 12.2 Å². The molecule has 0 saturated carbocycles. The molecule has 0 aliphatic carbocycles. The maximum atomic E-state index is 12.6. The van der Waals surface area contributed by atoms with Crippen LogP contribution in [0.1, 0.15) is 17.3 Å². The van der Waals surface area contributed by atoms with Crippen molar-refractivity contribution in [2.24, 2.45) is 0 Å². The summed E-state index contributed by atoms with van der Waals surface area (Å²) in [7, 11) is 0. The summed E-state index contributed by atoms with van der Waals surface area (Å²) in [4.78, 5) is 32.0. The molecule has 2 aromatic rings. The molecule has 1 aliphatic rings. The number of rotatable bonds is 4. The van der Waals surface area contributed by atoms with Crippen molar-refractivity contribution in [2.45, 2.75) is 6.92 Å². The summed E-state index contributed by atoms with van der Waals surface area (Å²) in [5, 5.41) is 3.19. The molecule has 3 rings (SSSR count). The predicted octanol–water partition coefficient (Wildman–Crippen LogP) is 2.74. The third kappa shape index (κ3) is 4.30. The van der Waals surface area contributed by atoms with Gasteiger partial charge < -0.3 is 19.9 Å². The lowest BCUT2D eigenvalue weighted by atomic mass is 10.2. The van der Waals surface area contributed by atoms with Gasteiger partial charge in [-0.25, -0.2) is 9.78 Å². The first-order valence-electron chi connectivity index (χ1n) is 8.66. The summed E-state index contributed by atoms with van der Waals surface area (Å²) in [6.07, 6.45) is 1.25. The Morgan fingerprint density at radius 3 is 2.35 bits per heavy atom. The van der Waals surface area contributed by atoms with E-state index in [9.17, 15) is 9.59 Å². The van der Waals surface area contributed by atoms with Crippen LogP contribution in [0.15, 0.2) is 48.7 Å². The van der Waals surface area contributed by atoms with E-state index >= 15 is 0 Å². The maximum Gasteiger partial charge on any atom is 0.409 e. The first kappa shape index (κ1) is 17.7. The molecule has 1 saturated heterocycles. The molecule has 0 unspecified atom stereocenters. The summed E-state index contributed by atoms with van der Waals surface area (Å²) < 4.78 is 4.99. The Hall–Kier alpha value is -3.09. The highest BCUT2D eigenvalue weighted by atomic mass is 16.6. The van der Waals surface area contributed by atoms with Crippen molar-refractivity contribution in [2.75, 3.05) is 38.1 Å². The van der Waals surface area contributed by atoms with E-state index < -0.39 is 0 Å². The van der Waals surface area contributed by atoms with Crippen LogP contribution < -0.4 is 5.32 Å². The number of hydrogen-bond acceptors (Lipinski definition) is 5. The summed E-state index contributed by atoms with van der Waals surface area (Å²) in [5.74, 6) is 0.604. The molecule has 1 N–H and O–H groups in total. The number of aromatic nitrogens is 1. The van der Waals surface area contributed by atoms with Crippen molar-refractivity contribution < 1.29 is 14.3 Å². The zero-order valence-electron chi connectivity index (χ0n) is 14.7. The van der Waals surface area contributed by atoms with E-state index in [-0.39, 0.29) is 12.0 Å². The zero-order chi connectivity index (χ0) is 18.4. The van der Waals surface area contributed by atoms with Gasteiger partial charge in [0.1, 0.15) is 5.82 Å². The number of amides is 2. The Labute approximate surface area is 152 Å². The fraction of sp³-hybridized carbons (Fsp3) is 0.316. The number of anilines is 2. The minimum atomic E-state index is -0.322. The summed E-state index contributed by atoms with van der Waals surface area (Å²) in [6.45, 7) is 4.06. The largest absolute Gasteiger partial charge is 0.450 e. The van der Waals surface area contributed by atoms with E-state index in [1.54, 1.807) is 35.1 Å². The van der Waals surface area contributed by atoms with Crippen LogP contribution in [-0.4, -0.2) is 59.6 Å². The third-order valence-corrected chi connectivity index (χ3v) is 4.15. The van der Waals surface area contributed by atoms with Gasteiger partial charge in [-0.3, -0.25) is 4.79 Å². The lowest BCUT2D eigenvalue weighted by Gasteiger charge is -2.34. The standard InChI is InChI=1S/C19H22N4O3/c1-2-26-19(25)23-12-10-22(11-13-23)18(24)15-8-9-17(20-14-15)21-16-6-4-3-5-7-16/h3-9,14H,2,10-13H2,1H3,(H,20,21). The molecule has 0 radical (unpaired) electrons. The molecule has 2 amide bonds. The lowest BCUT2D eigenvalue weighted by molar-refractivity contribution is 0.0570. The van der Waals surface area contributed by atoms with Gasteiger partial charge in [-0.15, -0.1) is 0 Å². The van der Waals surface area contributed by atoms with Crippen molar-refractivity contribution >= 4 is 23.5 Å². The van der Waals surface area contributed by atoms with Gasteiger partial charge in [0.2, 0.25) is 0 Å². The van der Waals surface area contributed by atoms with Crippen molar-refractivity contribution in [1.82, 2.24) is 14.8 Å². The first-order valence-corrected chi connectivity index (χ1v) is 8.66. The second-order valence-corrected chi connectivity index (χ2v) is 5.90. The van der Waals surface area contributed by atoms with Gasteiger partial charge in [0, 0.05) is 38.1 Å². The van der Waals surface area contributed by atoms with E-state index in [1.807, 2.05) is 30.3 Å². The maximum absolute atomic E-state index is 12.6. The highest BCUT2D eigenvalue weighted by molar-refractivity contribution is 5.94. The molecule has 7 heteroatoms. The average molecular weight is 354 g/mol. The number of nitrogens with one attached hydrogen (secondary N) is 1. The normalized spacial score (nSPS) is 14.0. The molecule has 1 aliphatic heterocycles. The molecule has 2 heterocycles. The second kappa shape index (κ2) is 8.33. The van der Waals surface area contributed by atoms with Gasteiger partial charge in [-0.1, -0.05) is 18.2 Å². The summed E-state index contributed by atoms with van der Waals surface area (Å²) in [5.41, 5.74) is 1.47. The molecule has 0 bridgehead atoms. The second-order valence-electron chi connectivity index (χ2n) is 5.90. The fourth-order valence-corrected chi connectivity index (χ4v) is 2.75. The van der Waals surface area contributed by atoms with Crippen molar-refractivity contribution in [3.05, 3.63) is 54.2 Å². The van der Waals surface area contributed by atoms with Crippen LogP contribution in [0.2, 0.25) is 0 Å². The zero-order valence-corrected chi connectivity index (χ0v) is 14.7. The SMILES string of the molecule is CCOC(=O)N1CCN(C(=O)c2ccc(Nc3ccccc3)nc2)CC1. The number of carbonyl (C=O) groups excluding carboxylic acids is 2. The van der Waals surface area contributed by atoms with Gasteiger partial charge in [0.15, 0.2) is 0 Å². The van der Waals surface area contributed by atoms with Crippen LogP contribution in [0, 0.1) is 0 Å². The molecular weight excluding hydrogens is 332 g/mol. The van der Waals surface area contributed by atoms with Gasteiger partial charge >= 0.3 is 6.09 Å². The van der Waals surface area contributed by atoms with Gasteiger partial charge in [-0.05, 0) is 31.2 Å². The van der Waals surface area contributed by atoms with E-state index in [4.69, 9.17) is 4.74 Å². The average Bonchev–Trinajstić information content (AvgIpc) is 2.69. The topological polar surface area (TPSA) is 74.8 Å². The van der Waals surface area contributed by atoms with Gasteiger partial charge in [0.25, 0.3) is 5.91 Å². The Morgan fingerprint density at radius 1 is 1.04 bits per heavy atom. The molecule has 0 atom stereocenters.